The molecule has 1 aromatic carbocycles. The van der Waals surface area contributed by atoms with E-state index in [1.807, 2.05) is 0 Å². The van der Waals surface area contributed by atoms with Crippen molar-refractivity contribution in [2.45, 2.75) is 6.42 Å². The van der Waals surface area contributed by atoms with Crippen molar-refractivity contribution in [3.8, 4) is 11.8 Å². The van der Waals surface area contributed by atoms with E-state index in [0.717, 1.165) is 0 Å². The summed E-state index contributed by atoms with van der Waals surface area (Å²) in [7, 11) is -2.25. The Bertz CT molecular complexity index is 623. The quantitative estimate of drug-likeness (QED) is 0.513. The molecule has 0 aliphatic carbocycles. The van der Waals surface area contributed by atoms with E-state index in [-0.39, 0.29) is 25.4 Å². The molecule has 0 aliphatic heterocycles. The van der Waals surface area contributed by atoms with Crippen LogP contribution in [0.25, 0.3) is 0 Å². The molecule has 6 nitrogen and oxygen atoms in total. The highest BCUT2D eigenvalue weighted by molar-refractivity contribution is 7.90. The number of rotatable bonds is 7. The Labute approximate surface area is 129 Å². The van der Waals surface area contributed by atoms with Crippen molar-refractivity contribution >= 4 is 27.5 Å². The van der Waals surface area contributed by atoms with Gasteiger partial charge in [-0.25, -0.2) is 0 Å². The van der Waals surface area contributed by atoms with Crippen LogP contribution >= 0.6 is 11.6 Å². The van der Waals surface area contributed by atoms with Crippen molar-refractivity contribution in [1.82, 2.24) is 4.72 Å². The lowest BCUT2D eigenvalue weighted by molar-refractivity contribution is 0.204. The molecule has 0 radical (unpaired) electrons. The third-order valence-corrected chi connectivity index (χ3v) is 3.59. The van der Waals surface area contributed by atoms with Crippen LogP contribution in [0.15, 0.2) is 18.2 Å². The van der Waals surface area contributed by atoms with Crippen LogP contribution in [0.3, 0.4) is 0 Å². The van der Waals surface area contributed by atoms with Crippen molar-refractivity contribution in [2.24, 2.45) is 0 Å². The van der Waals surface area contributed by atoms with Crippen molar-refractivity contribution in [3.63, 3.8) is 0 Å². The molecule has 0 fully saturated rings. The number of nitrogens with one attached hydrogen (secondary N) is 2. The highest BCUT2D eigenvalue weighted by Gasteiger charge is 2.11. The summed E-state index contributed by atoms with van der Waals surface area (Å²) in [5, 5.41) is 9.09. The lowest BCUT2D eigenvalue weighted by Gasteiger charge is -2.11. The molecular formula is C13H17ClN2O4S. The number of hydrogen-bond donors (Lipinski definition) is 3. The molecule has 0 bridgehead atoms. The molecule has 0 atom stereocenters. The van der Waals surface area contributed by atoms with E-state index in [1.165, 1.54) is 13.2 Å². The normalized spacial score (nSPS) is 10.8. The summed E-state index contributed by atoms with van der Waals surface area (Å²) in [5.41, 5.74) is 0.753. The van der Waals surface area contributed by atoms with E-state index < -0.39 is 10.2 Å². The molecule has 0 heterocycles. The third-order valence-electron chi connectivity index (χ3n) is 2.28. The highest BCUT2D eigenvalue weighted by Crippen LogP contribution is 2.21. The number of anilines is 1. The second-order valence-corrected chi connectivity index (χ2v) is 5.89. The Balaban J connectivity index is 2.91. The summed E-state index contributed by atoms with van der Waals surface area (Å²) in [4.78, 5) is 0. The van der Waals surface area contributed by atoms with E-state index in [0.29, 0.717) is 17.0 Å². The molecule has 1 rings (SSSR count). The second-order valence-electron chi connectivity index (χ2n) is 3.96. The van der Waals surface area contributed by atoms with Crippen LogP contribution in [-0.2, 0) is 14.9 Å². The molecule has 0 spiro atoms. The summed E-state index contributed by atoms with van der Waals surface area (Å²) < 4.78 is 33.2. The van der Waals surface area contributed by atoms with Crippen LogP contribution in [0.4, 0.5) is 5.69 Å². The smallest absolute Gasteiger partial charge is 0.299 e. The number of aliphatic hydroxyl groups excluding tert-OH is 1. The van der Waals surface area contributed by atoms with Crippen LogP contribution in [0.1, 0.15) is 12.0 Å². The zero-order valence-corrected chi connectivity index (χ0v) is 13.1. The van der Waals surface area contributed by atoms with Gasteiger partial charge in [0.15, 0.2) is 0 Å². The van der Waals surface area contributed by atoms with E-state index in [4.69, 9.17) is 21.4 Å². The number of benzene rings is 1. The molecular weight excluding hydrogens is 316 g/mol. The molecule has 116 valence electrons. The van der Waals surface area contributed by atoms with Crippen molar-refractivity contribution in [3.05, 3.63) is 28.8 Å². The first-order valence-corrected chi connectivity index (χ1v) is 8.00. The first-order chi connectivity index (χ1) is 9.98. The predicted octanol–water partition coefficient (Wildman–Crippen LogP) is 0.967. The monoisotopic (exact) mass is 332 g/mol. The fraction of sp³-hybridized carbons (Fsp3) is 0.385. The number of aliphatic hydroxyl groups is 1. The van der Waals surface area contributed by atoms with Gasteiger partial charge in [0.25, 0.3) is 10.2 Å². The van der Waals surface area contributed by atoms with E-state index >= 15 is 0 Å². The van der Waals surface area contributed by atoms with Gasteiger partial charge in [-0.15, -0.1) is 0 Å². The zero-order valence-electron chi connectivity index (χ0n) is 11.5. The lowest BCUT2D eigenvalue weighted by atomic mass is 10.2. The minimum absolute atomic E-state index is 0.0553. The van der Waals surface area contributed by atoms with Gasteiger partial charge in [0.05, 0.1) is 18.9 Å². The first kappa shape index (κ1) is 17.8. The molecule has 0 unspecified atom stereocenters. The number of hydrogen-bond acceptors (Lipinski definition) is 4. The van der Waals surface area contributed by atoms with Gasteiger partial charge in [-0.3, -0.25) is 4.72 Å². The molecule has 0 aliphatic rings. The van der Waals surface area contributed by atoms with Crippen LogP contribution < -0.4 is 9.44 Å². The highest BCUT2D eigenvalue weighted by atomic mass is 35.5. The summed E-state index contributed by atoms with van der Waals surface area (Å²) in [6.45, 7) is 0.359. The Hall–Kier alpha value is -1.30. The maximum Gasteiger partial charge on any atom is 0.299 e. The summed E-state index contributed by atoms with van der Waals surface area (Å²) in [6, 6.07) is 4.69. The van der Waals surface area contributed by atoms with Crippen molar-refractivity contribution in [2.75, 3.05) is 31.6 Å². The Morgan fingerprint density at radius 1 is 1.43 bits per heavy atom. The van der Waals surface area contributed by atoms with Gasteiger partial charge in [0.2, 0.25) is 0 Å². The average Bonchev–Trinajstić information content (AvgIpc) is 2.41. The predicted molar refractivity (Wildman–Crippen MR) is 82.5 cm³/mol. The molecule has 8 heteroatoms. The van der Waals surface area contributed by atoms with Crippen LogP contribution in [0.5, 0.6) is 0 Å². The zero-order chi connectivity index (χ0) is 15.7. The minimum Gasteiger partial charge on any atom is -0.395 e. The van der Waals surface area contributed by atoms with Crippen molar-refractivity contribution < 1.29 is 18.3 Å². The fourth-order valence-electron chi connectivity index (χ4n) is 1.38. The van der Waals surface area contributed by atoms with Crippen LogP contribution in [0.2, 0.25) is 5.02 Å². The topological polar surface area (TPSA) is 87.7 Å². The largest absolute Gasteiger partial charge is 0.395 e. The maximum absolute atomic E-state index is 11.9. The Kier molecular flexibility index (Phi) is 7.50. The molecule has 0 aromatic heterocycles. The van der Waals surface area contributed by atoms with E-state index in [9.17, 15) is 8.42 Å². The standard InChI is InChI=1S/C13H17ClN2O4S/c1-20-9-7-15-21(18,19)16-13-10-12(14)6-5-11(13)4-2-3-8-17/h5-6,10,15-17H,3,7-9H2,1H3. The fourth-order valence-corrected chi connectivity index (χ4v) is 2.44. The van der Waals surface area contributed by atoms with Crippen LogP contribution in [0, 0.1) is 11.8 Å². The van der Waals surface area contributed by atoms with Gasteiger partial charge >= 0.3 is 0 Å². The average molecular weight is 333 g/mol. The molecule has 0 saturated heterocycles. The maximum atomic E-state index is 11.9. The summed E-state index contributed by atoms with van der Waals surface area (Å²) in [6.07, 6.45) is 0.306. The summed E-state index contributed by atoms with van der Waals surface area (Å²) in [5.74, 6) is 5.51. The SMILES string of the molecule is COCCNS(=O)(=O)Nc1cc(Cl)ccc1C#CCCO. The van der Waals surface area contributed by atoms with Crippen molar-refractivity contribution in [1.29, 1.82) is 0 Å². The molecule has 21 heavy (non-hydrogen) atoms. The molecule has 0 saturated carbocycles. The van der Waals surface area contributed by atoms with Gasteiger partial charge in [0, 0.05) is 30.7 Å². The number of methoxy groups -OCH3 is 1. The van der Waals surface area contributed by atoms with Gasteiger partial charge < -0.3 is 9.84 Å². The van der Waals surface area contributed by atoms with Gasteiger partial charge in [-0.05, 0) is 18.2 Å². The first-order valence-electron chi connectivity index (χ1n) is 6.14. The van der Waals surface area contributed by atoms with Gasteiger partial charge in [0.1, 0.15) is 0 Å². The third kappa shape index (κ3) is 6.80. The lowest BCUT2D eigenvalue weighted by Crippen LogP contribution is -2.32. The van der Waals surface area contributed by atoms with Gasteiger partial charge in [-0.2, -0.15) is 13.1 Å². The van der Waals surface area contributed by atoms with Crippen LogP contribution in [-0.4, -0.2) is 40.4 Å². The second kappa shape index (κ2) is 8.87. The Morgan fingerprint density at radius 3 is 2.86 bits per heavy atom. The Morgan fingerprint density at radius 2 is 2.19 bits per heavy atom. The number of ether oxygens (including phenoxy) is 1. The minimum atomic E-state index is -3.73. The van der Waals surface area contributed by atoms with E-state index in [1.54, 1.807) is 12.1 Å². The molecule has 3 N–H and O–H groups in total. The van der Waals surface area contributed by atoms with E-state index in [2.05, 4.69) is 21.3 Å². The summed E-state index contributed by atoms with van der Waals surface area (Å²) >= 11 is 5.87. The number of halogens is 1. The molecule has 1 aromatic rings. The van der Waals surface area contributed by atoms with Gasteiger partial charge in [-0.1, -0.05) is 23.4 Å². The molecule has 0 amide bonds.